The number of benzene rings is 1. The van der Waals surface area contributed by atoms with Crippen LogP contribution in [0, 0.1) is 12.7 Å². The molecule has 0 aliphatic carbocycles. The van der Waals surface area contributed by atoms with Crippen LogP contribution in [-0.4, -0.2) is 19.4 Å². The van der Waals surface area contributed by atoms with Crippen LogP contribution in [0.4, 0.5) is 4.39 Å². The predicted octanol–water partition coefficient (Wildman–Crippen LogP) is 1.66. The summed E-state index contributed by atoms with van der Waals surface area (Å²) in [5.41, 5.74) is 0.800. The highest BCUT2D eigenvalue weighted by Crippen LogP contribution is 2.17. The van der Waals surface area contributed by atoms with Gasteiger partial charge in [0.05, 0.1) is 19.1 Å². The van der Waals surface area contributed by atoms with E-state index in [0.717, 1.165) is 0 Å². The molecule has 0 saturated carbocycles. The Labute approximate surface area is 86.9 Å². The molecule has 0 unspecified atom stereocenters. The lowest BCUT2D eigenvalue weighted by Gasteiger charge is -2.07. The molecule has 1 aromatic rings. The minimum atomic E-state index is -0.643. The third-order valence-corrected chi connectivity index (χ3v) is 2.18. The lowest BCUT2D eigenvalue weighted by Crippen LogP contribution is -2.09. The second-order valence-corrected chi connectivity index (χ2v) is 3.13. The molecule has 1 aromatic carbocycles. The Morgan fingerprint density at radius 2 is 2.20 bits per heavy atom. The van der Waals surface area contributed by atoms with Crippen molar-refractivity contribution >= 4 is 12.3 Å². The minimum absolute atomic E-state index is 0.0421. The number of halogens is 1. The second-order valence-electron chi connectivity index (χ2n) is 3.13. The average molecular weight is 210 g/mol. The number of carbonyl (C=O) groups is 2. The molecule has 4 heteroatoms. The summed E-state index contributed by atoms with van der Waals surface area (Å²) in [6.07, 6.45) is 0.269. The standard InChI is InChI=1S/C11H11FO3/c1-7-3-4-8(6-13)11(12)9(7)5-10(14)15-2/h3-4,6H,5H2,1-2H3. The molecule has 80 valence electrons. The molecule has 0 fully saturated rings. The van der Waals surface area contributed by atoms with Crippen molar-refractivity contribution in [2.45, 2.75) is 13.3 Å². The first-order valence-corrected chi connectivity index (χ1v) is 4.40. The number of ether oxygens (including phenoxy) is 1. The molecule has 0 atom stereocenters. The number of carbonyl (C=O) groups excluding carboxylic acids is 2. The van der Waals surface area contributed by atoms with Gasteiger partial charge in [-0.1, -0.05) is 6.07 Å². The molecule has 0 bridgehead atoms. The van der Waals surface area contributed by atoms with Crippen LogP contribution >= 0.6 is 0 Å². The fraction of sp³-hybridized carbons (Fsp3) is 0.273. The Balaban J connectivity index is 3.15. The van der Waals surface area contributed by atoms with Gasteiger partial charge >= 0.3 is 5.97 Å². The Kier molecular flexibility index (Phi) is 3.55. The van der Waals surface area contributed by atoms with E-state index in [1.807, 2.05) is 0 Å². The van der Waals surface area contributed by atoms with Gasteiger partial charge in [0.25, 0.3) is 0 Å². The van der Waals surface area contributed by atoms with E-state index in [1.165, 1.54) is 13.2 Å². The van der Waals surface area contributed by atoms with E-state index in [4.69, 9.17) is 0 Å². The Bertz CT molecular complexity index is 399. The van der Waals surface area contributed by atoms with Crippen molar-refractivity contribution in [3.63, 3.8) is 0 Å². The Morgan fingerprint density at radius 3 is 2.73 bits per heavy atom. The van der Waals surface area contributed by atoms with E-state index in [9.17, 15) is 14.0 Å². The van der Waals surface area contributed by atoms with Crippen LogP contribution in [0.3, 0.4) is 0 Å². The predicted molar refractivity (Wildman–Crippen MR) is 52.2 cm³/mol. The lowest BCUT2D eigenvalue weighted by atomic mass is 10.0. The number of hydrogen-bond donors (Lipinski definition) is 0. The van der Waals surface area contributed by atoms with Gasteiger partial charge in [-0.25, -0.2) is 4.39 Å². The lowest BCUT2D eigenvalue weighted by molar-refractivity contribution is -0.139. The van der Waals surface area contributed by atoms with Crippen molar-refractivity contribution in [2.24, 2.45) is 0 Å². The Morgan fingerprint density at radius 1 is 1.53 bits per heavy atom. The first-order valence-electron chi connectivity index (χ1n) is 4.40. The van der Waals surface area contributed by atoms with Crippen LogP contribution in [-0.2, 0) is 16.0 Å². The highest BCUT2D eigenvalue weighted by Gasteiger charge is 2.14. The number of aryl methyl sites for hydroxylation is 1. The van der Waals surface area contributed by atoms with Crippen LogP contribution in [0.5, 0.6) is 0 Å². The van der Waals surface area contributed by atoms with Gasteiger partial charge in [-0.05, 0) is 18.6 Å². The highest BCUT2D eigenvalue weighted by atomic mass is 19.1. The quantitative estimate of drug-likeness (QED) is 0.563. The summed E-state index contributed by atoms with van der Waals surface area (Å²) in [6, 6.07) is 2.99. The normalized spacial score (nSPS) is 9.80. The van der Waals surface area contributed by atoms with Crippen molar-refractivity contribution in [1.29, 1.82) is 0 Å². The highest BCUT2D eigenvalue weighted by molar-refractivity contribution is 5.78. The summed E-state index contributed by atoms with van der Waals surface area (Å²) in [6.45, 7) is 1.68. The largest absolute Gasteiger partial charge is 0.469 e. The fourth-order valence-corrected chi connectivity index (χ4v) is 1.26. The maximum absolute atomic E-state index is 13.6. The van der Waals surface area contributed by atoms with Gasteiger partial charge in [-0.15, -0.1) is 0 Å². The second kappa shape index (κ2) is 4.68. The molecule has 15 heavy (non-hydrogen) atoms. The maximum Gasteiger partial charge on any atom is 0.310 e. The van der Waals surface area contributed by atoms with Gasteiger partial charge in [-0.2, -0.15) is 0 Å². The van der Waals surface area contributed by atoms with Gasteiger partial charge in [0.2, 0.25) is 0 Å². The minimum Gasteiger partial charge on any atom is -0.469 e. The summed E-state index contributed by atoms with van der Waals surface area (Å²) >= 11 is 0. The zero-order valence-electron chi connectivity index (χ0n) is 8.54. The van der Waals surface area contributed by atoms with Crippen LogP contribution in [0.15, 0.2) is 12.1 Å². The van der Waals surface area contributed by atoms with Gasteiger partial charge in [0.15, 0.2) is 6.29 Å². The van der Waals surface area contributed by atoms with E-state index >= 15 is 0 Å². The summed E-state index contributed by atoms with van der Waals surface area (Å²) in [4.78, 5) is 21.5. The molecule has 0 aliphatic rings. The maximum atomic E-state index is 13.6. The van der Waals surface area contributed by atoms with Crippen LogP contribution in [0.25, 0.3) is 0 Å². The molecule has 0 saturated heterocycles. The van der Waals surface area contributed by atoms with Gasteiger partial charge < -0.3 is 4.74 Å². The van der Waals surface area contributed by atoms with Crippen molar-refractivity contribution in [3.05, 3.63) is 34.6 Å². The number of methoxy groups -OCH3 is 1. The summed E-state index contributed by atoms with van der Waals surface area (Å²) < 4.78 is 18.0. The van der Waals surface area contributed by atoms with Crippen molar-refractivity contribution in [3.8, 4) is 0 Å². The number of esters is 1. The average Bonchev–Trinajstić information content (AvgIpc) is 2.24. The SMILES string of the molecule is COC(=O)Cc1c(C)ccc(C=O)c1F. The summed E-state index contributed by atoms with van der Waals surface area (Å²) in [5, 5.41) is 0. The molecule has 0 aromatic heterocycles. The zero-order chi connectivity index (χ0) is 11.4. The fourth-order valence-electron chi connectivity index (χ4n) is 1.26. The first-order chi connectivity index (χ1) is 7.10. The topological polar surface area (TPSA) is 43.4 Å². The number of rotatable bonds is 3. The van der Waals surface area contributed by atoms with Gasteiger partial charge in [0, 0.05) is 5.56 Å². The molecule has 0 aliphatic heterocycles. The molecule has 0 radical (unpaired) electrons. The van der Waals surface area contributed by atoms with Crippen molar-refractivity contribution in [1.82, 2.24) is 0 Å². The molecule has 1 rings (SSSR count). The number of hydrogen-bond acceptors (Lipinski definition) is 3. The smallest absolute Gasteiger partial charge is 0.310 e. The zero-order valence-corrected chi connectivity index (χ0v) is 8.54. The third-order valence-electron chi connectivity index (χ3n) is 2.18. The monoisotopic (exact) mass is 210 g/mol. The van der Waals surface area contributed by atoms with Gasteiger partial charge in [-0.3, -0.25) is 9.59 Å². The summed E-state index contributed by atoms with van der Waals surface area (Å²) in [7, 11) is 1.24. The van der Waals surface area contributed by atoms with Gasteiger partial charge in [0.1, 0.15) is 5.82 Å². The van der Waals surface area contributed by atoms with Crippen LogP contribution < -0.4 is 0 Å². The van der Waals surface area contributed by atoms with Crippen molar-refractivity contribution in [2.75, 3.05) is 7.11 Å². The molecule has 0 heterocycles. The number of aldehydes is 1. The van der Waals surface area contributed by atoms with E-state index in [0.29, 0.717) is 11.8 Å². The van der Waals surface area contributed by atoms with Crippen molar-refractivity contribution < 1.29 is 18.7 Å². The van der Waals surface area contributed by atoms with E-state index < -0.39 is 11.8 Å². The molecule has 0 N–H and O–H groups in total. The summed E-state index contributed by atoms with van der Waals surface area (Å²) in [5.74, 6) is -1.17. The molecule has 0 spiro atoms. The molecule has 3 nitrogen and oxygen atoms in total. The van der Waals surface area contributed by atoms with Crippen LogP contribution in [0.1, 0.15) is 21.5 Å². The Hall–Kier alpha value is -1.71. The molecular weight excluding hydrogens is 199 g/mol. The first kappa shape index (κ1) is 11.4. The van der Waals surface area contributed by atoms with Crippen LogP contribution in [0.2, 0.25) is 0 Å². The molecular formula is C11H11FO3. The van der Waals surface area contributed by atoms with E-state index in [2.05, 4.69) is 4.74 Å². The van der Waals surface area contributed by atoms with E-state index in [-0.39, 0.29) is 17.5 Å². The molecule has 0 amide bonds. The van der Waals surface area contributed by atoms with E-state index in [1.54, 1.807) is 13.0 Å². The third kappa shape index (κ3) is 2.40.